The van der Waals surface area contributed by atoms with E-state index in [4.69, 9.17) is 12.2 Å². The van der Waals surface area contributed by atoms with Gasteiger partial charge in [0.1, 0.15) is 6.54 Å². The van der Waals surface area contributed by atoms with E-state index in [1.807, 2.05) is 43.3 Å². The standard InChI is InChI=1S/C14H17N5OS/c1-11-7-8-19(18-11)10-13(20)16-17-14(21)15-9-12-5-3-2-4-6-12/h2-8H,9-10H2,1H3,(H,16,20)(H2,15,17,21). The maximum atomic E-state index is 11.7. The Balaban J connectivity index is 1.67. The third-order valence-electron chi connectivity index (χ3n) is 2.69. The number of nitrogens with one attached hydrogen (secondary N) is 3. The summed E-state index contributed by atoms with van der Waals surface area (Å²) < 4.78 is 1.56. The number of carbonyl (C=O) groups is 1. The Hall–Kier alpha value is -2.41. The number of hydrogen-bond donors (Lipinski definition) is 3. The molecular weight excluding hydrogens is 286 g/mol. The summed E-state index contributed by atoms with van der Waals surface area (Å²) in [6.07, 6.45) is 1.75. The van der Waals surface area contributed by atoms with Crippen LogP contribution in [0.2, 0.25) is 0 Å². The molecule has 6 nitrogen and oxygen atoms in total. The minimum Gasteiger partial charge on any atom is -0.357 e. The number of aryl methyl sites for hydroxylation is 1. The highest BCUT2D eigenvalue weighted by molar-refractivity contribution is 7.80. The van der Waals surface area contributed by atoms with Gasteiger partial charge in [0.15, 0.2) is 5.11 Å². The van der Waals surface area contributed by atoms with Gasteiger partial charge in [-0.25, -0.2) is 0 Å². The second kappa shape index (κ2) is 7.39. The molecule has 110 valence electrons. The van der Waals surface area contributed by atoms with Gasteiger partial charge in [0.2, 0.25) is 0 Å². The molecule has 0 aliphatic heterocycles. The fraction of sp³-hybridized carbons (Fsp3) is 0.214. The molecule has 21 heavy (non-hydrogen) atoms. The molecule has 0 saturated heterocycles. The van der Waals surface area contributed by atoms with Gasteiger partial charge < -0.3 is 5.32 Å². The van der Waals surface area contributed by atoms with Gasteiger partial charge in [-0.05, 0) is 30.8 Å². The van der Waals surface area contributed by atoms with Crippen molar-refractivity contribution in [2.24, 2.45) is 0 Å². The molecule has 0 radical (unpaired) electrons. The lowest BCUT2D eigenvalue weighted by Gasteiger charge is -2.11. The fourth-order valence-electron chi connectivity index (χ4n) is 1.69. The van der Waals surface area contributed by atoms with Gasteiger partial charge in [-0.15, -0.1) is 0 Å². The van der Waals surface area contributed by atoms with Crippen molar-refractivity contribution in [2.45, 2.75) is 20.0 Å². The zero-order chi connectivity index (χ0) is 15.1. The number of carbonyl (C=O) groups excluding carboxylic acids is 1. The van der Waals surface area contributed by atoms with E-state index in [1.165, 1.54) is 0 Å². The van der Waals surface area contributed by atoms with E-state index in [0.29, 0.717) is 11.7 Å². The third-order valence-corrected chi connectivity index (χ3v) is 2.94. The van der Waals surface area contributed by atoms with Gasteiger partial charge in [-0.1, -0.05) is 30.3 Å². The van der Waals surface area contributed by atoms with Crippen molar-refractivity contribution in [3.8, 4) is 0 Å². The minimum atomic E-state index is -0.220. The molecule has 0 spiro atoms. The molecule has 0 unspecified atom stereocenters. The fourth-order valence-corrected chi connectivity index (χ4v) is 1.81. The van der Waals surface area contributed by atoms with Crippen LogP contribution < -0.4 is 16.2 Å². The smallest absolute Gasteiger partial charge is 0.260 e. The van der Waals surface area contributed by atoms with Gasteiger partial charge in [-0.2, -0.15) is 5.10 Å². The van der Waals surface area contributed by atoms with Crippen molar-refractivity contribution >= 4 is 23.2 Å². The van der Waals surface area contributed by atoms with E-state index in [0.717, 1.165) is 11.3 Å². The molecule has 7 heteroatoms. The number of nitrogens with zero attached hydrogens (tertiary/aromatic N) is 2. The monoisotopic (exact) mass is 303 g/mol. The van der Waals surface area contributed by atoms with Crippen molar-refractivity contribution in [3.05, 3.63) is 53.9 Å². The number of thiocarbonyl (C=S) groups is 1. The van der Waals surface area contributed by atoms with Gasteiger partial charge in [0.05, 0.1) is 5.69 Å². The number of rotatable bonds is 4. The first kappa shape index (κ1) is 15.0. The highest BCUT2D eigenvalue weighted by Crippen LogP contribution is 1.96. The van der Waals surface area contributed by atoms with Gasteiger partial charge >= 0.3 is 0 Å². The van der Waals surface area contributed by atoms with E-state index >= 15 is 0 Å². The summed E-state index contributed by atoms with van der Waals surface area (Å²) in [7, 11) is 0. The van der Waals surface area contributed by atoms with E-state index in [-0.39, 0.29) is 12.5 Å². The molecule has 0 aliphatic rings. The first-order valence-electron chi connectivity index (χ1n) is 6.50. The van der Waals surface area contributed by atoms with Crippen molar-refractivity contribution in [1.82, 2.24) is 25.9 Å². The molecule has 1 amide bonds. The van der Waals surface area contributed by atoms with Crippen LogP contribution in [0.15, 0.2) is 42.6 Å². The summed E-state index contributed by atoms with van der Waals surface area (Å²) in [6, 6.07) is 11.7. The van der Waals surface area contributed by atoms with Crippen LogP contribution in [0.3, 0.4) is 0 Å². The highest BCUT2D eigenvalue weighted by atomic mass is 32.1. The van der Waals surface area contributed by atoms with Crippen molar-refractivity contribution in [1.29, 1.82) is 0 Å². The number of hydrazine groups is 1. The summed E-state index contributed by atoms with van der Waals surface area (Å²) >= 11 is 5.08. The van der Waals surface area contributed by atoms with E-state index in [9.17, 15) is 4.79 Å². The topological polar surface area (TPSA) is 71.0 Å². The molecule has 1 aromatic carbocycles. The Kier molecular flexibility index (Phi) is 5.28. The molecule has 1 heterocycles. The Morgan fingerprint density at radius 3 is 2.67 bits per heavy atom. The summed E-state index contributed by atoms with van der Waals surface area (Å²) in [5.41, 5.74) is 7.16. The Labute approximate surface area is 128 Å². The predicted octanol–water partition coefficient (Wildman–Crippen LogP) is 0.887. The molecule has 2 rings (SSSR count). The second-order valence-corrected chi connectivity index (χ2v) is 4.90. The normalized spacial score (nSPS) is 9.95. The van der Waals surface area contributed by atoms with Crippen LogP contribution in [0.4, 0.5) is 0 Å². The zero-order valence-electron chi connectivity index (χ0n) is 11.7. The number of hydrogen-bond acceptors (Lipinski definition) is 3. The molecule has 0 aliphatic carbocycles. The van der Waals surface area contributed by atoms with Crippen LogP contribution in [0.25, 0.3) is 0 Å². The minimum absolute atomic E-state index is 0.141. The summed E-state index contributed by atoms with van der Waals surface area (Å²) in [5, 5.41) is 7.50. The van der Waals surface area contributed by atoms with Gasteiger partial charge in [-0.3, -0.25) is 20.3 Å². The van der Waals surface area contributed by atoms with Crippen LogP contribution in [0.1, 0.15) is 11.3 Å². The first-order chi connectivity index (χ1) is 10.1. The number of aromatic nitrogens is 2. The highest BCUT2D eigenvalue weighted by Gasteiger charge is 2.04. The van der Waals surface area contributed by atoms with Crippen molar-refractivity contribution in [3.63, 3.8) is 0 Å². The average molecular weight is 303 g/mol. The largest absolute Gasteiger partial charge is 0.357 e. The maximum absolute atomic E-state index is 11.7. The summed E-state index contributed by atoms with van der Waals surface area (Å²) in [5.74, 6) is -0.220. The van der Waals surface area contributed by atoms with Crippen LogP contribution in [0, 0.1) is 6.92 Å². The SMILES string of the molecule is Cc1ccn(CC(=O)NNC(=S)NCc2ccccc2)n1. The van der Waals surface area contributed by atoms with Crippen LogP contribution >= 0.6 is 12.2 Å². The Morgan fingerprint density at radius 1 is 1.24 bits per heavy atom. The molecule has 2 aromatic rings. The number of benzene rings is 1. The summed E-state index contributed by atoms with van der Waals surface area (Å²) in [6.45, 7) is 2.61. The predicted molar refractivity (Wildman–Crippen MR) is 84.1 cm³/mol. The Morgan fingerprint density at radius 2 is 2.00 bits per heavy atom. The van der Waals surface area contributed by atoms with E-state index < -0.39 is 0 Å². The number of amides is 1. The van der Waals surface area contributed by atoms with Crippen molar-refractivity contribution < 1.29 is 4.79 Å². The quantitative estimate of drug-likeness (QED) is 0.578. The van der Waals surface area contributed by atoms with Gasteiger partial charge in [0, 0.05) is 12.7 Å². The molecule has 0 fully saturated rings. The third kappa shape index (κ3) is 5.23. The molecular formula is C14H17N5OS. The first-order valence-corrected chi connectivity index (χ1v) is 6.91. The van der Waals surface area contributed by atoms with E-state index in [2.05, 4.69) is 21.3 Å². The lowest BCUT2D eigenvalue weighted by molar-refractivity contribution is -0.122. The lowest BCUT2D eigenvalue weighted by Crippen LogP contribution is -2.47. The van der Waals surface area contributed by atoms with Crippen LogP contribution in [-0.2, 0) is 17.9 Å². The second-order valence-electron chi connectivity index (χ2n) is 4.50. The molecule has 0 bridgehead atoms. The maximum Gasteiger partial charge on any atom is 0.260 e. The lowest BCUT2D eigenvalue weighted by atomic mass is 10.2. The molecule has 0 saturated carbocycles. The molecule has 0 atom stereocenters. The Bertz CT molecular complexity index is 611. The summed E-state index contributed by atoms with van der Waals surface area (Å²) in [4.78, 5) is 11.7. The average Bonchev–Trinajstić information content (AvgIpc) is 2.89. The van der Waals surface area contributed by atoms with Crippen molar-refractivity contribution in [2.75, 3.05) is 0 Å². The van der Waals surface area contributed by atoms with Gasteiger partial charge in [0.25, 0.3) is 5.91 Å². The molecule has 3 N–H and O–H groups in total. The van der Waals surface area contributed by atoms with Crippen LogP contribution in [-0.4, -0.2) is 20.8 Å². The van der Waals surface area contributed by atoms with Crippen LogP contribution in [0.5, 0.6) is 0 Å². The van der Waals surface area contributed by atoms with E-state index in [1.54, 1.807) is 10.9 Å². The molecule has 1 aromatic heterocycles. The zero-order valence-corrected chi connectivity index (χ0v) is 12.5.